The number of aliphatic hydroxyl groups excluding tert-OH is 1. The molecule has 2 aromatic rings. The number of benzene rings is 2. The lowest BCUT2D eigenvalue weighted by Gasteiger charge is -2.43. The zero-order valence-corrected chi connectivity index (χ0v) is 28.0. The first-order valence-corrected chi connectivity index (χ1v) is 17.8. The zero-order chi connectivity index (χ0) is 30.8. The van der Waals surface area contributed by atoms with Crippen molar-refractivity contribution in [3.63, 3.8) is 0 Å². The molecule has 0 bridgehead atoms. The molecule has 2 rings (SSSR count). The minimum atomic E-state index is -2.19. The monoisotopic (exact) mass is 586 g/mol. The first kappa shape index (κ1) is 35.2. The van der Waals surface area contributed by atoms with E-state index in [0.717, 1.165) is 16.9 Å². The second-order valence-corrected chi connectivity index (χ2v) is 17.9. The first-order chi connectivity index (χ1) is 19.2. The van der Waals surface area contributed by atoms with Crippen molar-refractivity contribution in [1.29, 1.82) is 0 Å². The van der Waals surface area contributed by atoms with Crippen LogP contribution < -0.4 is 4.74 Å². The summed E-state index contributed by atoms with van der Waals surface area (Å²) >= 11 is 0. The summed E-state index contributed by atoms with van der Waals surface area (Å²) in [6.45, 7) is 20.6. The van der Waals surface area contributed by atoms with Crippen molar-refractivity contribution in [3.8, 4) is 5.75 Å². The molecule has 6 atom stereocenters. The molecule has 0 spiro atoms. The highest BCUT2D eigenvalue weighted by molar-refractivity contribution is 6.74. The van der Waals surface area contributed by atoms with Crippen LogP contribution >= 0.6 is 0 Å². The van der Waals surface area contributed by atoms with Crippen molar-refractivity contribution in [1.82, 2.24) is 0 Å². The van der Waals surface area contributed by atoms with Crippen LogP contribution in [0.15, 0.2) is 54.6 Å². The van der Waals surface area contributed by atoms with E-state index in [4.69, 9.17) is 18.6 Å². The number of aliphatic hydroxyl groups is 1. The number of rotatable bonds is 17. The van der Waals surface area contributed by atoms with Gasteiger partial charge in [-0.3, -0.25) is 4.79 Å². The molecule has 0 radical (unpaired) electrons. The Morgan fingerprint density at radius 3 is 1.83 bits per heavy atom. The maximum atomic E-state index is 13.8. The number of ketones is 1. The minimum Gasteiger partial charge on any atom is -0.497 e. The largest absolute Gasteiger partial charge is 0.497 e. The van der Waals surface area contributed by atoms with Gasteiger partial charge in [0.15, 0.2) is 8.32 Å². The van der Waals surface area contributed by atoms with Crippen molar-refractivity contribution >= 4 is 14.1 Å². The van der Waals surface area contributed by atoms with Crippen molar-refractivity contribution < 1.29 is 28.5 Å². The van der Waals surface area contributed by atoms with E-state index in [1.165, 1.54) is 0 Å². The van der Waals surface area contributed by atoms with Crippen LogP contribution in [0.4, 0.5) is 0 Å². The molecular weight excluding hydrogens is 532 g/mol. The summed E-state index contributed by atoms with van der Waals surface area (Å²) in [5.41, 5.74) is 2.14. The van der Waals surface area contributed by atoms with Crippen LogP contribution in [0.5, 0.6) is 5.75 Å². The molecule has 7 heteroatoms. The summed E-state index contributed by atoms with van der Waals surface area (Å²) in [5.74, 6) is -0.319. The van der Waals surface area contributed by atoms with Crippen LogP contribution in [0, 0.1) is 23.7 Å². The van der Waals surface area contributed by atoms with Crippen LogP contribution in [-0.2, 0) is 31.9 Å². The summed E-state index contributed by atoms with van der Waals surface area (Å²) in [4.78, 5) is 13.8. The first-order valence-electron chi connectivity index (χ1n) is 14.9. The smallest absolute Gasteiger partial charge is 0.192 e. The Morgan fingerprint density at radius 1 is 0.805 bits per heavy atom. The van der Waals surface area contributed by atoms with E-state index in [1.807, 2.05) is 75.4 Å². The highest BCUT2D eigenvalue weighted by Gasteiger charge is 2.44. The van der Waals surface area contributed by atoms with Gasteiger partial charge in [-0.2, -0.15) is 0 Å². The molecule has 41 heavy (non-hydrogen) atoms. The summed E-state index contributed by atoms with van der Waals surface area (Å²) in [6, 6.07) is 17.8. The fourth-order valence-corrected chi connectivity index (χ4v) is 6.15. The van der Waals surface area contributed by atoms with Crippen LogP contribution in [0.3, 0.4) is 0 Å². The Kier molecular flexibility index (Phi) is 13.7. The molecule has 0 heterocycles. The SMILES string of the molecule is COc1ccc(COC[C@@H](C)[C@@H](O[Si](C)(C)C(C)(C)C)[C@H](C)C(=O)[C@H](C)[C@@H](O)[C@@H](C)COCc2ccccc2)cc1. The summed E-state index contributed by atoms with van der Waals surface area (Å²) in [6.07, 6.45) is -1.13. The van der Waals surface area contributed by atoms with Gasteiger partial charge in [-0.15, -0.1) is 0 Å². The highest BCUT2D eigenvalue weighted by Crippen LogP contribution is 2.39. The topological polar surface area (TPSA) is 74.2 Å². The molecule has 6 nitrogen and oxygen atoms in total. The van der Waals surface area contributed by atoms with Gasteiger partial charge < -0.3 is 23.7 Å². The molecule has 2 aromatic carbocycles. The molecule has 0 aliphatic heterocycles. The van der Waals surface area contributed by atoms with E-state index >= 15 is 0 Å². The molecule has 0 unspecified atom stereocenters. The number of hydrogen-bond acceptors (Lipinski definition) is 6. The van der Waals surface area contributed by atoms with Gasteiger partial charge in [0, 0.05) is 23.7 Å². The Labute approximate surface area is 249 Å². The van der Waals surface area contributed by atoms with E-state index in [1.54, 1.807) is 7.11 Å². The molecule has 0 fully saturated rings. The molecule has 0 aromatic heterocycles. The summed E-state index contributed by atoms with van der Waals surface area (Å²) in [5, 5.41) is 11.1. The summed E-state index contributed by atoms with van der Waals surface area (Å²) < 4.78 is 24.1. The van der Waals surface area contributed by atoms with Gasteiger partial charge in [-0.25, -0.2) is 0 Å². The summed E-state index contributed by atoms with van der Waals surface area (Å²) in [7, 11) is -0.540. The predicted octanol–water partition coefficient (Wildman–Crippen LogP) is 7.29. The third kappa shape index (κ3) is 10.6. The lowest BCUT2D eigenvalue weighted by Crippen LogP contribution is -2.50. The number of ether oxygens (including phenoxy) is 3. The average Bonchev–Trinajstić information content (AvgIpc) is 2.94. The average molecular weight is 587 g/mol. The van der Waals surface area contributed by atoms with Crippen molar-refractivity contribution in [2.45, 2.75) is 92.0 Å². The molecular formula is C34H54O6Si. The second-order valence-electron chi connectivity index (χ2n) is 13.1. The van der Waals surface area contributed by atoms with Gasteiger partial charge in [0.25, 0.3) is 0 Å². The lowest BCUT2D eigenvalue weighted by molar-refractivity contribution is -0.135. The van der Waals surface area contributed by atoms with Gasteiger partial charge in [0.05, 0.1) is 45.7 Å². The number of carbonyl (C=O) groups excluding carboxylic acids is 1. The normalized spacial score (nSPS) is 16.9. The number of Topliss-reactive ketones (excluding diaryl/α,β-unsaturated/α-hetero) is 1. The van der Waals surface area contributed by atoms with Crippen molar-refractivity contribution in [2.75, 3.05) is 20.3 Å². The molecule has 0 aliphatic rings. The van der Waals surface area contributed by atoms with Crippen LogP contribution in [0.25, 0.3) is 0 Å². The van der Waals surface area contributed by atoms with E-state index in [9.17, 15) is 9.90 Å². The fourth-order valence-electron chi connectivity index (χ4n) is 4.68. The maximum absolute atomic E-state index is 13.8. The number of hydrogen-bond donors (Lipinski definition) is 1. The highest BCUT2D eigenvalue weighted by atomic mass is 28.4. The van der Waals surface area contributed by atoms with Crippen LogP contribution in [-0.4, -0.2) is 51.7 Å². The molecule has 0 saturated heterocycles. The van der Waals surface area contributed by atoms with Gasteiger partial charge in [-0.05, 0) is 41.4 Å². The second kappa shape index (κ2) is 16.0. The van der Waals surface area contributed by atoms with Crippen molar-refractivity contribution in [2.24, 2.45) is 23.7 Å². The van der Waals surface area contributed by atoms with E-state index in [2.05, 4.69) is 40.8 Å². The number of carbonyl (C=O) groups is 1. The third-order valence-corrected chi connectivity index (χ3v) is 13.1. The molecule has 1 N–H and O–H groups in total. The standard InChI is InChI=1S/C34H54O6Si/c1-24(20-38-22-28-14-12-11-13-15-28)31(35)26(3)32(36)27(4)33(40-41(9,10)34(5,6)7)25(2)21-39-23-29-16-18-30(37-8)19-17-29/h11-19,24-27,31,33,35H,20-23H2,1-10H3/t24-,25+,26+,27+,31-,33+/m0/s1. The molecule has 0 aliphatic carbocycles. The maximum Gasteiger partial charge on any atom is 0.192 e. The Hall–Kier alpha value is -2.03. The minimum absolute atomic E-state index is 0.00652. The van der Waals surface area contributed by atoms with Crippen molar-refractivity contribution in [3.05, 3.63) is 65.7 Å². The van der Waals surface area contributed by atoms with E-state index < -0.39 is 26.3 Å². The Balaban J connectivity index is 2.07. The third-order valence-electron chi connectivity index (χ3n) is 8.58. The van der Waals surface area contributed by atoms with Gasteiger partial charge >= 0.3 is 0 Å². The van der Waals surface area contributed by atoms with Crippen LogP contribution in [0.1, 0.15) is 59.6 Å². The molecule has 0 saturated carbocycles. The molecule has 230 valence electrons. The lowest BCUT2D eigenvalue weighted by atomic mass is 9.81. The van der Waals surface area contributed by atoms with Gasteiger partial charge in [0.2, 0.25) is 0 Å². The quantitative estimate of drug-likeness (QED) is 0.196. The van der Waals surface area contributed by atoms with E-state index in [-0.39, 0.29) is 28.8 Å². The fraction of sp³-hybridized carbons (Fsp3) is 0.618. The number of methoxy groups -OCH3 is 1. The van der Waals surface area contributed by atoms with Crippen LogP contribution in [0.2, 0.25) is 18.1 Å². The predicted molar refractivity (Wildman–Crippen MR) is 168 cm³/mol. The van der Waals surface area contributed by atoms with Gasteiger partial charge in [0.1, 0.15) is 11.5 Å². The Morgan fingerprint density at radius 2 is 1.32 bits per heavy atom. The Bertz CT molecular complexity index is 1030. The zero-order valence-electron chi connectivity index (χ0n) is 27.0. The van der Waals surface area contributed by atoms with Gasteiger partial charge in [-0.1, -0.05) is 90.9 Å². The van der Waals surface area contributed by atoms with E-state index in [0.29, 0.717) is 26.4 Å². The molecule has 0 amide bonds.